The molecule has 1 saturated carbocycles. The molecule has 0 radical (unpaired) electrons. The van der Waals surface area contributed by atoms with E-state index in [9.17, 15) is 0 Å². The summed E-state index contributed by atoms with van der Waals surface area (Å²) in [4.78, 5) is 10.8. The van der Waals surface area contributed by atoms with Gasteiger partial charge in [-0.2, -0.15) is 0 Å². The Balaban J connectivity index is 2.12. The molecule has 5 heteroatoms. The summed E-state index contributed by atoms with van der Waals surface area (Å²) in [6, 6.07) is 0. The van der Waals surface area contributed by atoms with Crippen molar-refractivity contribution < 1.29 is 0 Å². The van der Waals surface area contributed by atoms with Gasteiger partial charge in [-0.25, -0.2) is 9.97 Å². The Hall–Kier alpha value is -1.36. The summed E-state index contributed by atoms with van der Waals surface area (Å²) in [5.74, 6) is 1.48. The third-order valence-electron chi connectivity index (χ3n) is 4.40. The Morgan fingerprint density at radius 3 is 2.58 bits per heavy atom. The number of hydrogen-bond acceptors (Lipinski definition) is 5. The molecule has 1 heterocycles. The van der Waals surface area contributed by atoms with Crippen LogP contribution in [0, 0.1) is 0 Å². The van der Waals surface area contributed by atoms with E-state index < -0.39 is 0 Å². The molecule has 1 aliphatic carbocycles. The first-order valence-corrected chi connectivity index (χ1v) is 7.10. The van der Waals surface area contributed by atoms with Crippen LogP contribution in [-0.4, -0.2) is 41.0 Å². The SMILES string of the molecule is CCc1c(N)ncnc1NCC1(N(C)C)CCCC1. The molecule has 0 amide bonds. The van der Waals surface area contributed by atoms with Crippen molar-refractivity contribution in [2.24, 2.45) is 0 Å². The smallest absolute Gasteiger partial charge is 0.134 e. The minimum atomic E-state index is 0.255. The van der Waals surface area contributed by atoms with Gasteiger partial charge in [0.25, 0.3) is 0 Å². The third-order valence-corrected chi connectivity index (χ3v) is 4.40. The quantitative estimate of drug-likeness (QED) is 0.849. The first-order valence-electron chi connectivity index (χ1n) is 7.10. The molecule has 0 bridgehead atoms. The maximum absolute atomic E-state index is 5.91. The molecule has 1 aromatic heterocycles. The Kier molecular flexibility index (Phi) is 4.24. The second kappa shape index (κ2) is 5.74. The number of likely N-dealkylation sites (N-methyl/N-ethyl adjacent to an activating group) is 1. The Morgan fingerprint density at radius 2 is 2.00 bits per heavy atom. The standard InChI is InChI=1S/C14H25N5/c1-4-11-12(15)17-10-18-13(11)16-9-14(19(2)3)7-5-6-8-14/h10H,4-9H2,1-3H3,(H3,15,16,17,18). The molecule has 106 valence electrons. The highest BCUT2D eigenvalue weighted by Crippen LogP contribution is 2.34. The lowest BCUT2D eigenvalue weighted by Gasteiger charge is -2.36. The summed E-state index contributed by atoms with van der Waals surface area (Å²) < 4.78 is 0. The summed E-state index contributed by atoms with van der Waals surface area (Å²) in [6.45, 7) is 3.00. The Labute approximate surface area is 115 Å². The second-order valence-corrected chi connectivity index (χ2v) is 5.62. The van der Waals surface area contributed by atoms with Crippen molar-refractivity contribution in [2.45, 2.75) is 44.6 Å². The zero-order chi connectivity index (χ0) is 13.9. The number of nitrogens with zero attached hydrogens (tertiary/aromatic N) is 3. The summed E-state index contributed by atoms with van der Waals surface area (Å²) in [5.41, 5.74) is 7.18. The van der Waals surface area contributed by atoms with Crippen LogP contribution in [0.4, 0.5) is 11.6 Å². The topological polar surface area (TPSA) is 67.1 Å². The van der Waals surface area contributed by atoms with Gasteiger partial charge in [-0.15, -0.1) is 0 Å². The summed E-state index contributed by atoms with van der Waals surface area (Å²) in [7, 11) is 4.34. The van der Waals surface area contributed by atoms with E-state index in [0.717, 1.165) is 24.3 Å². The highest BCUT2D eigenvalue weighted by Gasteiger charge is 2.35. The fourth-order valence-electron chi connectivity index (χ4n) is 2.99. The lowest BCUT2D eigenvalue weighted by molar-refractivity contribution is 0.172. The molecule has 0 unspecified atom stereocenters. The first-order chi connectivity index (χ1) is 9.09. The van der Waals surface area contributed by atoms with Gasteiger partial charge in [0.15, 0.2) is 0 Å². The Morgan fingerprint density at radius 1 is 1.32 bits per heavy atom. The van der Waals surface area contributed by atoms with Gasteiger partial charge < -0.3 is 16.0 Å². The number of nitrogen functional groups attached to an aromatic ring is 1. The number of hydrogen-bond donors (Lipinski definition) is 2. The number of aromatic nitrogens is 2. The van der Waals surface area contributed by atoms with Gasteiger partial charge in [0, 0.05) is 17.6 Å². The summed E-state index contributed by atoms with van der Waals surface area (Å²) in [6.07, 6.45) is 7.50. The van der Waals surface area contributed by atoms with Crippen molar-refractivity contribution in [3.05, 3.63) is 11.9 Å². The van der Waals surface area contributed by atoms with Gasteiger partial charge in [0.1, 0.15) is 18.0 Å². The van der Waals surface area contributed by atoms with Crippen LogP contribution >= 0.6 is 0 Å². The molecular formula is C14H25N5. The minimum absolute atomic E-state index is 0.255. The molecule has 0 aromatic carbocycles. The minimum Gasteiger partial charge on any atom is -0.383 e. The molecule has 19 heavy (non-hydrogen) atoms. The first kappa shape index (κ1) is 14.1. The normalized spacial score (nSPS) is 17.9. The van der Waals surface area contributed by atoms with Crippen molar-refractivity contribution in [2.75, 3.05) is 31.7 Å². The molecule has 1 aliphatic rings. The monoisotopic (exact) mass is 263 g/mol. The van der Waals surface area contributed by atoms with Crippen LogP contribution in [0.25, 0.3) is 0 Å². The fraction of sp³-hybridized carbons (Fsp3) is 0.714. The van der Waals surface area contributed by atoms with Crippen LogP contribution < -0.4 is 11.1 Å². The van der Waals surface area contributed by atoms with E-state index in [0.29, 0.717) is 5.82 Å². The van der Waals surface area contributed by atoms with Crippen LogP contribution in [0.3, 0.4) is 0 Å². The highest BCUT2D eigenvalue weighted by atomic mass is 15.2. The largest absolute Gasteiger partial charge is 0.383 e. The highest BCUT2D eigenvalue weighted by molar-refractivity contribution is 5.55. The van der Waals surface area contributed by atoms with E-state index >= 15 is 0 Å². The lowest BCUT2D eigenvalue weighted by Crippen LogP contribution is -2.47. The zero-order valence-corrected chi connectivity index (χ0v) is 12.2. The molecule has 0 atom stereocenters. The molecule has 2 rings (SSSR count). The molecule has 1 fully saturated rings. The van der Waals surface area contributed by atoms with Crippen molar-refractivity contribution in [3.63, 3.8) is 0 Å². The van der Waals surface area contributed by atoms with Gasteiger partial charge in [-0.1, -0.05) is 19.8 Å². The van der Waals surface area contributed by atoms with Crippen LogP contribution in [0.5, 0.6) is 0 Å². The molecule has 0 aliphatic heterocycles. The lowest BCUT2D eigenvalue weighted by atomic mass is 9.96. The van der Waals surface area contributed by atoms with Crippen molar-refractivity contribution in [3.8, 4) is 0 Å². The number of nitrogens with one attached hydrogen (secondary N) is 1. The van der Waals surface area contributed by atoms with Crippen LogP contribution in [0.15, 0.2) is 6.33 Å². The van der Waals surface area contributed by atoms with Gasteiger partial charge in [-0.3, -0.25) is 0 Å². The van der Waals surface area contributed by atoms with E-state index in [2.05, 4.69) is 41.2 Å². The van der Waals surface area contributed by atoms with Crippen LogP contribution in [-0.2, 0) is 6.42 Å². The average Bonchev–Trinajstić information content (AvgIpc) is 2.86. The predicted molar refractivity (Wildman–Crippen MR) is 79.2 cm³/mol. The zero-order valence-electron chi connectivity index (χ0n) is 12.2. The average molecular weight is 263 g/mol. The summed E-state index contributed by atoms with van der Waals surface area (Å²) >= 11 is 0. The van der Waals surface area contributed by atoms with Crippen LogP contribution in [0.1, 0.15) is 38.2 Å². The molecule has 5 nitrogen and oxygen atoms in total. The van der Waals surface area contributed by atoms with Gasteiger partial charge >= 0.3 is 0 Å². The van der Waals surface area contributed by atoms with Crippen molar-refractivity contribution in [1.82, 2.24) is 14.9 Å². The molecule has 1 aromatic rings. The predicted octanol–water partition coefficient (Wildman–Crippen LogP) is 1.91. The van der Waals surface area contributed by atoms with E-state index in [1.54, 1.807) is 0 Å². The molecule has 0 saturated heterocycles. The molecule has 3 N–H and O–H groups in total. The maximum Gasteiger partial charge on any atom is 0.134 e. The molecular weight excluding hydrogens is 238 g/mol. The van der Waals surface area contributed by atoms with E-state index in [1.807, 2.05) is 0 Å². The second-order valence-electron chi connectivity index (χ2n) is 5.62. The van der Waals surface area contributed by atoms with Gasteiger partial charge in [-0.05, 0) is 33.4 Å². The van der Waals surface area contributed by atoms with Gasteiger partial charge in [0.05, 0.1) is 0 Å². The van der Waals surface area contributed by atoms with Crippen molar-refractivity contribution >= 4 is 11.6 Å². The van der Waals surface area contributed by atoms with Gasteiger partial charge in [0.2, 0.25) is 0 Å². The molecule has 0 spiro atoms. The van der Waals surface area contributed by atoms with E-state index in [4.69, 9.17) is 5.73 Å². The number of anilines is 2. The van der Waals surface area contributed by atoms with E-state index in [1.165, 1.54) is 32.0 Å². The third kappa shape index (κ3) is 2.81. The van der Waals surface area contributed by atoms with Crippen molar-refractivity contribution in [1.29, 1.82) is 0 Å². The van der Waals surface area contributed by atoms with E-state index in [-0.39, 0.29) is 5.54 Å². The van der Waals surface area contributed by atoms with Crippen LogP contribution in [0.2, 0.25) is 0 Å². The maximum atomic E-state index is 5.91. The number of nitrogens with two attached hydrogens (primary N) is 1. The number of rotatable bonds is 5. The summed E-state index contributed by atoms with van der Waals surface area (Å²) in [5, 5.41) is 3.50. The fourth-order valence-corrected chi connectivity index (χ4v) is 2.99. The Bertz CT molecular complexity index is 424.